The second-order valence-electron chi connectivity index (χ2n) is 4.72. The van der Waals surface area contributed by atoms with Crippen LogP contribution in [0.25, 0.3) is 0 Å². The van der Waals surface area contributed by atoms with Crippen molar-refractivity contribution < 1.29 is 9.53 Å². The summed E-state index contributed by atoms with van der Waals surface area (Å²) in [4.78, 5) is 11.4. The van der Waals surface area contributed by atoms with Crippen LogP contribution in [-0.4, -0.2) is 19.6 Å². The van der Waals surface area contributed by atoms with Gasteiger partial charge in [-0.2, -0.15) is 0 Å². The number of aryl methyl sites for hydroxylation is 1. The maximum atomic E-state index is 11.4. The number of carbonyl (C=O) groups is 1. The lowest BCUT2D eigenvalue weighted by Crippen LogP contribution is -2.24. The van der Waals surface area contributed by atoms with Crippen molar-refractivity contribution in [3.05, 3.63) is 29.8 Å². The molecule has 0 aliphatic carbocycles. The van der Waals surface area contributed by atoms with Crippen LogP contribution >= 0.6 is 0 Å². The van der Waals surface area contributed by atoms with Gasteiger partial charge in [-0.15, -0.1) is 0 Å². The molecule has 0 unspecified atom stereocenters. The van der Waals surface area contributed by atoms with Gasteiger partial charge in [-0.05, 0) is 37.3 Å². The molecule has 0 spiro atoms. The number of carbonyl (C=O) groups excluding carboxylic acids is 1. The summed E-state index contributed by atoms with van der Waals surface area (Å²) in [5.74, 6) is 1.13. The van der Waals surface area contributed by atoms with E-state index >= 15 is 0 Å². The summed E-state index contributed by atoms with van der Waals surface area (Å²) in [5, 5.41) is 2.96. The number of hydrogen-bond acceptors (Lipinski definition) is 2. The maximum Gasteiger partial charge on any atom is 0.219 e. The van der Waals surface area contributed by atoms with Crippen LogP contribution < -0.4 is 10.1 Å². The van der Waals surface area contributed by atoms with E-state index in [0.29, 0.717) is 6.42 Å². The van der Waals surface area contributed by atoms with Gasteiger partial charge in [-0.3, -0.25) is 4.79 Å². The van der Waals surface area contributed by atoms with Crippen LogP contribution in [0.3, 0.4) is 0 Å². The van der Waals surface area contributed by atoms with E-state index in [1.54, 1.807) is 7.11 Å². The van der Waals surface area contributed by atoms with Gasteiger partial charge in [0.25, 0.3) is 0 Å². The fourth-order valence-corrected chi connectivity index (χ4v) is 2.00. The van der Waals surface area contributed by atoms with Crippen LogP contribution in [-0.2, 0) is 11.2 Å². The Morgan fingerprint density at radius 2 is 2.00 bits per heavy atom. The highest BCUT2D eigenvalue weighted by atomic mass is 16.5. The molecule has 1 amide bonds. The normalized spacial score (nSPS) is 10.2. The first-order valence-corrected chi connectivity index (χ1v) is 7.16. The molecule has 3 heteroatoms. The molecule has 3 nitrogen and oxygen atoms in total. The minimum Gasteiger partial charge on any atom is -0.496 e. The minimum absolute atomic E-state index is 0.180. The fraction of sp³-hybridized carbons (Fsp3) is 0.562. The van der Waals surface area contributed by atoms with E-state index in [0.717, 1.165) is 44.4 Å². The van der Waals surface area contributed by atoms with Gasteiger partial charge < -0.3 is 10.1 Å². The lowest BCUT2D eigenvalue weighted by atomic mass is 10.1. The van der Waals surface area contributed by atoms with Crippen molar-refractivity contribution in [3.8, 4) is 5.75 Å². The lowest BCUT2D eigenvalue weighted by Gasteiger charge is -2.08. The van der Waals surface area contributed by atoms with Crippen molar-refractivity contribution in [3.63, 3.8) is 0 Å². The first-order chi connectivity index (χ1) is 9.27. The maximum absolute atomic E-state index is 11.4. The third-order valence-electron chi connectivity index (χ3n) is 3.14. The largest absolute Gasteiger partial charge is 0.496 e. The van der Waals surface area contributed by atoms with Crippen LogP contribution in [0.5, 0.6) is 5.75 Å². The molecular formula is C16H25NO2. The Bertz CT molecular complexity index is 377. The standard InChI is InChI=1S/C16H25NO2/c1-3-4-12-16(18)17-13-8-7-10-14-9-5-6-11-15(14)19-2/h5-6,9,11H,3-4,7-8,10,12-13H2,1-2H3,(H,17,18). The molecule has 0 aliphatic rings. The van der Waals surface area contributed by atoms with Crippen LogP contribution in [0.4, 0.5) is 0 Å². The molecule has 0 aliphatic heterocycles. The number of unbranched alkanes of at least 4 members (excludes halogenated alkanes) is 2. The van der Waals surface area contributed by atoms with Crippen molar-refractivity contribution in [2.75, 3.05) is 13.7 Å². The fourth-order valence-electron chi connectivity index (χ4n) is 2.00. The van der Waals surface area contributed by atoms with Gasteiger partial charge in [-0.1, -0.05) is 31.5 Å². The van der Waals surface area contributed by atoms with E-state index < -0.39 is 0 Å². The third-order valence-corrected chi connectivity index (χ3v) is 3.14. The molecule has 1 rings (SSSR count). The van der Waals surface area contributed by atoms with Crippen molar-refractivity contribution >= 4 is 5.91 Å². The first kappa shape index (κ1) is 15.5. The summed E-state index contributed by atoms with van der Waals surface area (Å²) in [7, 11) is 1.70. The summed E-state index contributed by atoms with van der Waals surface area (Å²) in [6.07, 6.45) is 5.77. The van der Waals surface area contributed by atoms with Gasteiger partial charge >= 0.3 is 0 Å². The molecule has 19 heavy (non-hydrogen) atoms. The summed E-state index contributed by atoms with van der Waals surface area (Å²) in [6, 6.07) is 8.10. The number of amides is 1. The quantitative estimate of drug-likeness (QED) is 0.694. The Labute approximate surface area is 116 Å². The Hall–Kier alpha value is -1.51. The topological polar surface area (TPSA) is 38.3 Å². The van der Waals surface area contributed by atoms with Gasteiger partial charge in [-0.25, -0.2) is 0 Å². The van der Waals surface area contributed by atoms with Gasteiger partial charge in [0.1, 0.15) is 5.75 Å². The number of para-hydroxylation sites is 1. The van der Waals surface area contributed by atoms with Crippen LogP contribution in [0.2, 0.25) is 0 Å². The number of ether oxygens (including phenoxy) is 1. The zero-order valence-corrected chi connectivity index (χ0v) is 12.1. The highest BCUT2D eigenvalue weighted by Gasteiger charge is 2.02. The Morgan fingerprint density at radius 3 is 2.74 bits per heavy atom. The number of nitrogens with one attached hydrogen (secondary N) is 1. The average Bonchev–Trinajstić information content (AvgIpc) is 2.45. The Kier molecular flexibility index (Phi) is 7.71. The monoisotopic (exact) mass is 263 g/mol. The van der Waals surface area contributed by atoms with Gasteiger partial charge in [0.2, 0.25) is 5.91 Å². The molecule has 1 N–H and O–H groups in total. The van der Waals surface area contributed by atoms with E-state index in [2.05, 4.69) is 18.3 Å². The van der Waals surface area contributed by atoms with Crippen LogP contribution in [0.1, 0.15) is 44.6 Å². The molecule has 0 saturated carbocycles. The highest BCUT2D eigenvalue weighted by Crippen LogP contribution is 2.19. The molecule has 1 aromatic rings. The van der Waals surface area contributed by atoms with Crippen LogP contribution in [0, 0.1) is 0 Å². The summed E-state index contributed by atoms with van der Waals surface area (Å²) >= 11 is 0. The molecule has 0 atom stereocenters. The first-order valence-electron chi connectivity index (χ1n) is 7.16. The number of methoxy groups -OCH3 is 1. The molecule has 1 aromatic carbocycles. The molecule has 0 heterocycles. The van der Waals surface area contributed by atoms with E-state index in [-0.39, 0.29) is 5.91 Å². The SMILES string of the molecule is CCCCC(=O)NCCCCc1ccccc1OC. The second kappa shape index (κ2) is 9.42. The molecule has 0 bridgehead atoms. The molecule has 0 radical (unpaired) electrons. The smallest absolute Gasteiger partial charge is 0.219 e. The van der Waals surface area contributed by atoms with E-state index in [1.165, 1.54) is 5.56 Å². The van der Waals surface area contributed by atoms with Crippen LogP contribution in [0.15, 0.2) is 24.3 Å². The van der Waals surface area contributed by atoms with Crippen molar-refractivity contribution in [1.82, 2.24) is 5.32 Å². The minimum atomic E-state index is 0.180. The van der Waals surface area contributed by atoms with Crippen molar-refractivity contribution in [1.29, 1.82) is 0 Å². The zero-order chi connectivity index (χ0) is 13.9. The molecule has 0 aromatic heterocycles. The van der Waals surface area contributed by atoms with Gasteiger partial charge in [0.05, 0.1) is 7.11 Å². The number of hydrogen-bond donors (Lipinski definition) is 1. The predicted molar refractivity (Wildman–Crippen MR) is 78.5 cm³/mol. The summed E-state index contributed by atoms with van der Waals surface area (Å²) in [6.45, 7) is 2.87. The van der Waals surface area contributed by atoms with Gasteiger partial charge in [0.15, 0.2) is 0 Å². The van der Waals surface area contributed by atoms with E-state index in [1.807, 2.05) is 18.2 Å². The van der Waals surface area contributed by atoms with Crippen molar-refractivity contribution in [2.24, 2.45) is 0 Å². The number of benzene rings is 1. The summed E-state index contributed by atoms with van der Waals surface area (Å²) < 4.78 is 5.32. The number of rotatable bonds is 9. The summed E-state index contributed by atoms with van der Waals surface area (Å²) in [5.41, 5.74) is 1.24. The third kappa shape index (κ3) is 6.27. The lowest BCUT2D eigenvalue weighted by molar-refractivity contribution is -0.121. The van der Waals surface area contributed by atoms with E-state index in [4.69, 9.17) is 4.74 Å². The average molecular weight is 263 g/mol. The Morgan fingerprint density at radius 1 is 1.21 bits per heavy atom. The highest BCUT2D eigenvalue weighted by molar-refractivity contribution is 5.75. The molecule has 0 saturated heterocycles. The zero-order valence-electron chi connectivity index (χ0n) is 12.1. The van der Waals surface area contributed by atoms with Crippen molar-refractivity contribution in [2.45, 2.75) is 45.4 Å². The van der Waals surface area contributed by atoms with Gasteiger partial charge in [0, 0.05) is 13.0 Å². The van der Waals surface area contributed by atoms with E-state index in [9.17, 15) is 4.79 Å². The molecule has 0 fully saturated rings. The second-order valence-corrected chi connectivity index (χ2v) is 4.72. The molecular weight excluding hydrogens is 238 g/mol. The molecule has 106 valence electrons. The predicted octanol–water partition coefficient (Wildman–Crippen LogP) is 3.32. The Balaban J connectivity index is 2.15.